The van der Waals surface area contributed by atoms with Crippen LogP contribution in [0.15, 0.2) is 28.7 Å². The van der Waals surface area contributed by atoms with Gasteiger partial charge in [-0.3, -0.25) is 0 Å². The summed E-state index contributed by atoms with van der Waals surface area (Å²) < 4.78 is 1.14. The maximum atomic E-state index is 6.11. The molecule has 2 atom stereocenters. The molecule has 1 fully saturated rings. The highest BCUT2D eigenvalue weighted by Crippen LogP contribution is 2.26. The largest absolute Gasteiger partial charge is 0.370 e. The van der Waals surface area contributed by atoms with Crippen molar-refractivity contribution in [3.63, 3.8) is 0 Å². The van der Waals surface area contributed by atoms with Gasteiger partial charge in [0.1, 0.15) is 0 Å². The molecular formula is C13H19BrN2. The van der Waals surface area contributed by atoms with Gasteiger partial charge in [0, 0.05) is 29.3 Å². The van der Waals surface area contributed by atoms with Crippen LogP contribution in [-0.4, -0.2) is 19.1 Å². The van der Waals surface area contributed by atoms with Crippen LogP contribution in [0.2, 0.25) is 0 Å². The Kier molecular flexibility index (Phi) is 3.87. The highest BCUT2D eigenvalue weighted by atomic mass is 79.9. The van der Waals surface area contributed by atoms with Crippen LogP contribution in [0.3, 0.4) is 0 Å². The quantitative estimate of drug-likeness (QED) is 0.904. The van der Waals surface area contributed by atoms with Gasteiger partial charge >= 0.3 is 0 Å². The predicted molar refractivity (Wildman–Crippen MR) is 72.7 cm³/mol. The minimum atomic E-state index is 0.317. The van der Waals surface area contributed by atoms with Crippen LogP contribution in [-0.2, 0) is 0 Å². The van der Waals surface area contributed by atoms with E-state index >= 15 is 0 Å². The van der Waals surface area contributed by atoms with Gasteiger partial charge < -0.3 is 10.6 Å². The van der Waals surface area contributed by atoms with Crippen LogP contribution < -0.4 is 10.6 Å². The summed E-state index contributed by atoms with van der Waals surface area (Å²) in [6.07, 6.45) is 2.39. The predicted octanol–water partition coefficient (Wildman–Crippen LogP) is 3.01. The van der Waals surface area contributed by atoms with E-state index in [1.54, 1.807) is 0 Å². The van der Waals surface area contributed by atoms with Gasteiger partial charge in [-0.25, -0.2) is 0 Å². The van der Waals surface area contributed by atoms with E-state index in [4.69, 9.17) is 5.73 Å². The topological polar surface area (TPSA) is 29.3 Å². The Morgan fingerprint density at radius 1 is 1.44 bits per heavy atom. The van der Waals surface area contributed by atoms with Crippen LogP contribution in [0.1, 0.15) is 19.8 Å². The summed E-state index contributed by atoms with van der Waals surface area (Å²) in [6, 6.07) is 8.79. The Morgan fingerprint density at radius 2 is 2.25 bits per heavy atom. The lowest BCUT2D eigenvalue weighted by atomic mass is 9.92. The second-order valence-electron chi connectivity index (χ2n) is 4.65. The molecule has 0 radical (unpaired) electrons. The number of nitrogens with two attached hydrogens (primary N) is 1. The van der Waals surface area contributed by atoms with Crippen molar-refractivity contribution in [2.75, 3.05) is 18.0 Å². The first kappa shape index (κ1) is 11.9. The van der Waals surface area contributed by atoms with Crippen molar-refractivity contribution in [3.8, 4) is 0 Å². The molecule has 88 valence electrons. The summed E-state index contributed by atoms with van der Waals surface area (Å²) in [6.45, 7) is 4.37. The van der Waals surface area contributed by atoms with E-state index in [-0.39, 0.29) is 0 Å². The molecule has 2 N–H and O–H groups in total. The highest BCUT2D eigenvalue weighted by molar-refractivity contribution is 9.10. The highest BCUT2D eigenvalue weighted by Gasteiger charge is 2.23. The van der Waals surface area contributed by atoms with Crippen LogP contribution in [0.25, 0.3) is 0 Å². The monoisotopic (exact) mass is 282 g/mol. The first-order valence-electron chi connectivity index (χ1n) is 5.95. The molecule has 2 nitrogen and oxygen atoms in total. The zero-order valence-electron chi connectivity index (χ0n) is 9.70. The van der Waals surface area contributed by atoms with Gasteiger partial charge in [0.05, 0.1) is 0 Å². The summed E-state index contributed by atoms with van der Waals surface area (Å²) >= 11 is 3.52. The Balaban J connectivity index is 2.14. The summed E-state index contributed by atoms with van der Waals surface area (Å²) in [5.74, 6) is 0.739. The molecule has 0 spiro atoms. The molecule has 16 heavy (non-hydrogen) atoms. The van der Waals surface area contributed by atoms with Crippen molar-refractivity contribution in [2.24, 2.45) is 11.7 Å². The normalized spacial score (nSPS) is 25.8. The van der Waals surface area contributed by atoms with Gasteiger partial charge in [-0.15, -0.1) is 0 Å². The molecule has 2 unspecified atom stereocenters. The number of hydrogen-bond acceptors (Lipinski definition) is 2. The van der Waals surface area contributed by atoms with E-state index in [0.717, 1.165) is 23.5 Å². The third-order valence-corrected chi connectivity index (χ3v) is 3.81. The molecule has 0 bridgehead atoms. The number of piperidine rings is 1. The SMILES string of the molecule is CCC1CC(N)CN(c2cccc(Br)c2)C1. The van der Waals surface area contributed by atoms with Crippen LogP contribution in [0.5, 0.6) is 0 Å². The van der Waals surface area contributed by atoms with E-state index in [9.17, 15) is 0 Å². The Labute approximate surface area is 106 Å². The summed E-state index contributed by atoms with van der Waals surface area (Å²) in [5, 5.41) is 0. The van der Waals surface area contributed by atoms with Gasteiger partial charge in [0.2, 0.25) is 0 Å². The third-order valence-electron chi connectivity index (χ3n) is 3.32. The second-order valence-corrected chi connectivity index (χ2v) is 5.57. The Hall–Kier alpha value is -0.540. The maximum Gasteiger partial charge on any atom is 0.0378 e. The van der Waals surface area contributed by atoms with Crippen LogP contribution >= 0.6 is 15.9 Å². The summed E-state index contributed by atoms with van der Waals surface area (Å²) in [7, 11) is 0. The molecule has 2 rings (SSSR count). The zero-order valence-corrected chi connectivity index (χ0v) is 11.3. The lowest BCUT2D eigenvalue weighted by Crippen LogP contribution is -2.47. The molecule has 1 aliphatic rings. The van der Waals surface area contributed by atoms with Crippen molar-refractivity contribution in [1.29, 1.82) is 0 Å². The second kappa shape index (κ2) is 5.19. The number of rotatable bonds is 2. The van der Waals surface area contributed by atoms with Crippen LogP contribution in [0, 0.1) is 5.92 Å². The Bertz CT molecular complexity index is 354. The molecule has 3 heteroatoms. The minimum Gasteiger partial charge on any atom is -0.370 e. The lowest BCUT2D eigenvalue weighted by molar-refractivity contribution is 0.368. The average molecular weight is 283 g/mol. The van der Waals surface area contributed by atoms with Gasteiger partial charge in [0.15, 0.2) is 0 Å². The fraction of sp³-hybridized carbons (Fsp3) is 0.538. The van der Waals surface area contributed by atoms with Crippen molar-refractivity contribution in [3.05, 3.63) is 28.7 Å². The summed E-state index contributed by atoms with van der Waals surface area (Å²) in [5.41, 5.74) is 7.39. The van der Waals surface area contributed by atoms with E-state index < -0.39 is 0 Å². The Morgan fingerprint density at radius 3 is 2.94 bits per heavy atom. The number of hydrogen-bond donors (Lipinski definition) is 1. The van der Waals surface area contributed by atoms with Gasteiger partial charge in [-0.1, -0.05) is 35.3 Å². The molecule has 1 heterocycles. The molecule has 0 saturated carbocycles. The maximum absolute atomic E-state index is 6.11. The van der Waals surface area contributed by atoms with Crippen molar-refractivity contribution in [2.45, 2.75) is 25.8 Å². The smallest absolute Gasteiger partial charge is 0.0378 e. The zero-order chi connectivity index (χ0) is 11.5. The van der Waals surface area contributed by atoms with Gasteiger partial charge in [0.25, 0.3) is 0 Å². The first-order chi connectivity index (χ1) is 7.69. The first-order valence-corrected chi connectivity index (χ1v) is 6.74. The number of benzene rings is 1. The van der Waals surface area contributed by atoms with E-state index in [1.165, 1.54) is 18.5 Å². The molecule has 1 aromatic rings. The molecule has 1 aromatic carbocycles. The number of halogens is 1. The fourth-order valence-electron chi connectivity index (χ4n) is 2.43. The molecule has 1 saturated heterocycles. The lowest BCUT2D eigenvalue weighted by Gasteiger charge is -2.37. The average Bonchev–Trinajstić information content (AvgIpc) is 2.28. The standard InChI is InChI=1S/C13H19BrN2/c1-2-10-6-12(15)9-16(8-10)13-5-3-4-11(14)7-13/h3-5,7,10,12H,2,6,8-9,15H2,1H3. The third kappa shape index (κ3) is 2.77. The molecule has 1 aliphatic heterocycles. The van der Waals surface area contributed by atoms with Crippen molar-refractivity contribution in [1.82, 2.24) is 0 Å². The summed E-state index contributed by atoms with van der Waals surface area (Å²) in [4.78, 5) is 2.41. The van der Waals surface area contributed by atoms with Crippen molar-refractivity contribution >= 4 is 21.6 Å². The fourth-order valence-corrected chi connectivity index (χ4v) is 2.81. The van der Waals surface area contributed by atoms with E-state index in [1.807, 2.05) is 0 Å². The number of anilines is 1. The number of nitrogens with zero attached hydrogens (tertiary/aromatic N) is 1. The molecule has 0 aliphatic carbocycles. The minimum absolute atomic E-state index is 0.317. The van der Waals surface area contributed by atoms with Crippen molar-refractivity contribution < 1.29 is 0 Å². The molecule has 0 aromatic heterocycles. The van der Waals surface area contributed by atoms with Gasteiger partial charge in [-0.2, -0.15) is 0 Å². The van der Waals surface area contributed by atoms with Crippen LogP contribution in [0.4, 0.5) is 5.69 Å². The van der Waals surface area contributed by atoms with Gasteiger partial charge in [-0.05, 0) is 30.5 Å². The molecular weight excluding hydrogens is 264 g/mol. The van der Waals surface area contributed by atoms with E-state index in [2.05, 4.69) is 52.0 Å². The molecule has 0 amide bonds. The van der Waals surface area contributed by atoms with E-state index in [0.29, 0.717) is 6.04 Å².